The number of rotatable bonds is 10. The van der Waals surface area contributed by atoms with Crippen molar-refractivity contribution in [2.45, 2.75) is 43.4 Å². The van der Waals surface area contributed by atoms with Crippen molar-refractivity contribution in [1.29, 1.82) is 0 Å². The lowest BCUT2D eigenvalue weighted by molar-refractivity contribution is 0.585. The van der Waals surface area contributed by atoms with Crippen LogP contribution in [0.1, 0.15) is 26.7 Å². The Kier molecular flexibility index (Phi) is 12.7. The van der Waals surface area contributed by atoms with E-state index in [0.717, 1.165) is 45.0 Å². The van der Waals surface area contributed by atoms with Gasteiger partial charge in [0.05, 0.1) is 6.54 Å². The minimum atomic E-state index is 0. The largest absolute Gasteiger partial charge is 0.357 e. The van der Waals surface area contributed by atoms with E-state index in [1.54, 1.807) is 16.7 Å². The maximum atomic E-state index is 11.7. The summed E-state index contributed by atoms with van der Waals surface area (Å²) >= 11 is 1.84. The highest BCUT2D eigenvalue weighted by Crippen LogP contribution is 2.22. The molecule has 1 unspecified atom stereocenters. The molecule has 0 aliphatic carbocycles. The van der Waals surface area contributed by atoms with Gasteiger partial charge in [0.1, 0.15) is 0 Å². The van der Waals surface area contributed by atoms with E-state index in [2.05, 4.69) is 48.7 Å². The number of thioether (sulfide) groups is 1. The van der Waals surface area contributed by atoms with Crippen molar-refractivity contribution in [2.75, 3.05) is 19.6 Å². The second-order valence-corrected chi connectivity index (χ2v) is 7.84. The van der Waals surface area contributed by atoms with Crippen molar-refractivity contribution in [1.82, 2.24) is 15.2 Å². The third-order valence-electron chi connectivity index (χ3n) is 3.95. The van der Waals surface area contributed by atoms with E-state index < -0.39 is 0 Å². The van der Waals surface area contributed by atoms with E-state index in [9.17, 15) is 4.79 Å². The first-order valence-electron chi connectivity index (χ1n) is 9.58. The van der Waals surface area contributed by atoms with Gasteiger partial charge in [-0.1, -0.05) is 31.2 Å². The second kappa shape index (κ2) is 14.5. The predicted molar refractivity (Wildman–Crippen MR) is 131 cm³/mol. The van der Waals surface area contributed by atoms with Gasteiger partial charge in [-0.05, 0) is 38.0 Å². The van der Waals surface area contributed by atoms with Gasteiger partial charge in [-0.25, -0.2) is 0 Å². The molecule has 2 N–H and O–H groups in total. The molecule has 1 heterocycles. The normalized spacial score (nSPS) is 12.1. The fraction of sp³-hybridized carbons (Fsp3) is 0.429. The Morgan fingerprint density at radius 2 is 1.86 bits per heavy atom. The second-order valence-electron chi connectivity index (χ2n) is 6.33. The first-order valence-corrected chi connectivity index (χ1v) is 10.5. The lowest BCUT2D eigenvalue weighted by atomic mass is 10.3. The monoisotopic (exact) mass is 514 g/mol. The summed E-state index contributed by atoms with van der Waals surface area (Å²) in [7, 11) is 0. The zero-order chi connectivity index (χ0) is 19.3. The van der Waals surface area contributed by atoms with Crippen LogP contribution in [0, 0.1) is 0 Å². The number of aromatic nitrogens is 1. The Bertz CT molecular complexity index is 751. The molecule has 1 atom stereocenters. The van der Waals surface area contributed by atoms with Crippen molar-refractivity contribution in [2.24, 2.45) is 4.99 Å². The molecule has 0 aliphatic heterocycles. The van der Waals surface area contributed by atoms with Gasteiger partial charge in [0.25, 0.3) is 0 Å². The van der Waals surface area contributed by atoms with Crippen LogP contribution in [0.25, 0.3) is 0 Å². The molecule has 0 bridgehead atoms. The number of aliphatic imine (C=N–C) groups is 1. The van der Waals surface area contributed by atoms with Crippen LogP contribution >= 0.6 is 35.7 Å². The fourth-order valence-corrected chi connectivity index (χ4v) is 3.52. The van der Waals surface area contributed by atoms with Gasteiger partial charge in [0.2, 0.25) is 5.56 Å². The molecule has 7 heteroatoms. The Morgan fingerprint density at radius 3 is 2.57 bits per heavy atom. The molecular formula is C21H31IN4OS. The van der Waals surface area contributed by atoms with E-state index >= 15 is 0 Å². The number of pyridine rings is 1. The third kappa shape index (κ3) is 9.64. The highest BCUT2D eigenvalue weighted by molar-refractivity contribution is 14.0. The predicted octanol–water partition coefficient (Wildman–Crippen LogP) is 3.98. The molecule has 0 saturated carbocycles. The lowest BCUT2D eigenvalue weighted by Crippen LogP contribution is -2.38. The Morgan fingerprint density at radius 1 is 1.11 bits per heavy atom. The van der Waals surface area contributed by atoms with Crippen molar-refractivity contribution < 1.29 is 0 Å². The van der Waals surface area contributed by atoms with Gasteiger partial charge < -0.3 is 15.2 Å². The van der Waals surface area contributed by atoms with Gasteiger partial charge in [-0.15, -0.1) is 35.7 Å². The van der Waals surface area contributed by atoms with E-state index in [1.807, 2.05) is 30.1 Å². The van der Waals surface area contributed by atoms with Gasteiger partial charge in [-0.2, -0.15) is 0 Å². The number of guanidine groups is 1. The molecule has 28 heavy (non-hydrogen) atoms. The van der Waals surface area contributed by atoms with Gasteiger partial charge in [0, 0.05) is 42.0 Å². The van der Waals surface area contributed by atoms with Crippen molar-refractivity contribution in [3.05, 3.63) is 65.1 Å². The summed E-state index contributed by atoms with van der Waals surface area (Å²) in [4.78, 5) is 17.6. The highest BCUT2D eigenvalue weighted by atomic mass is 127. The topological polar surface area (TPSA) is 58.4 Å². The highest BCUT2D eigenvalue weighted by Gasteiger charge is 2.04. The molecular weight excluding hydrogens is 483 g/mol. The van der Waals surface area contributed by atoms with E-state index in [1.165, 1.54) is 4.90 Å². The molecule has 5 nitrogen and oxygen atoms in total. The van der Waals surface area contributed by atoms with Crippen LogP contribution in [-0.2, 0) is 6.54 Å². The van der Waals surface area contributed by atoms with Crippen LogP contribution in [0.4, 0.5) is 0 Å². The van der Waals surface area contributed by atoms with Gasteiger partial charge >= 0.3 is 0 Å². The SMILES string of the molecule is CCNC(=NCC(C)Sc1ccccc1)NCCCCn1ccccc1=O.I. The summed E-state index contributed by atoms with van der Waals surface area (Å²) in [6.45, 7) is 7.46. The average Bonchev–Trinajstić information content (AvgIpc) is 2.68. The molecule has 2 aromatic rings. The summed E-state index contributed by atoms with van der Waals surface area (Å²) in [5, 5.41) is 7.09. The average molecular weight is 514 g/mol. The van der Waals surface area contributed by atoms with E-state index in [-0.39, 0.29) is 29.5 Å². The zero-order valence-electron chi connectivity index (χ0n) is 16.6. The van der Waals surface area contributed by atoms with Crippen LogP contribution in [0.3, 0.4) is 0 Å². The molecule has 0 amide bonds. The van der Waals surface area contributed by atoms with Crippen LogP contribution in [0.15, 0.2) is 69.4 Å². The first-order chi connectivity index (χ1) is 13.2. The maximum Gasteiger partial charge on any atom is 0.250 e. The Hall–Kier alpha value is -1.48. The number of hydrogen-bond donors (Lipinski definition) is 2. The minimum Gasteiger partial charge on any atom is -0.357 e. The molecule has 0 spiro atoms. The molecule has 0 aliphatic rings. The lowest BCUT2D eigenvalue weighted by Gasteiger charge is -2.13. The van der Waals surface area contributed by atoms with Crippen LogP contribution in [-0.4, -0.2) is 35.4 Å². The number of halogens is 1. The molecule has 0 fully saturated rings. The number of benzene rings is 1. The van der Waals surface area contributed by atoms with Gasteiger partial charge in [-0.3, -0.25) is 9.79 Å². The first kappa shape index (κ1) is 24.6. The number of unbranched alkanes of at least 4 members (excludes halogenated alkanes) is 1. The Labute approximate surface area is 189 Å². The van der Waals surface area contributed by atoms with Crippen molar-refractivity contribution in [3.63, 3.8) is 0 Å². The van der Waals surface area contributed by atoms with Gasteiger partial charge in [0.15, 0.2) is 5.96 Å². The number of nitrogens with zero attached hydrogens (tertiary/aromatic N) is 2. The number of hydrogen-bond acceptors (Lipinski definition) is 3. The summed E-state index contributed by atoms with van der Waals surface area (Å²) < 4.78 is 1.75. The maximum absolute atomic E-state index is 11.7. The van der Waals surface area contributed by atoms with Crippen molar-refractivity contribution in [3.8, 4) is 0 Å². The Balaban J connectivity index is 0.00000392. The molecule has 0 saturated heterocycles. The minimum absolute atomic E-state index is 0. The number of aryl methyl sites for hydroxylation is 1. The number of nitrogens with one attached hydrogen (secondary N) is 2. The summed E-state index contributed by atoms with van der Waals surface area (Å²) in [6, 6.07) is 15.7. The van der Waals surface area contributed by atoms with Crippen LogP contribution in [0.5, 0.6) is 0 Å². The molecule has 0 radical (unpaired) electrons. The summed E-state index contributed by atoms with van der Waals surface area (Å²) in [6.07, 6.45) is 3.78. The standard InChI is InChI=1S/C21H30N4OS.HI/c1-3-22-21(24-17-18(2)27-19-11-5-4-6-12-19)23-14-8-10-16-25-15-9-7-13-20(25)26;/h4-7,9,11-13,15,18H,3,8,10,14,16-17H2,1-2H3,(H2,22,23,24);1H. The van der Waals surface area contributed by atoms with Crippen LogP contribution < -0.4 is 16.2 Å². The molecule has 154 valence electrons. The quantitative estimate of drug-likeness (QED) is 0.166. The smallest absolute Gasteiger partial charge is 0.250 e. The summed E-state index contributed by atoms with van der Waals surface area (Å²) in [5.74, 6) is 0.856. The third-order valence-corrected chi connectivity index (χ3v) is 5.04. The summed E-state index contributed by atoms with van der Waals surface area (Å²) in [5.41, 5.74) is 0.0604. The zero-order valence-corrected chi connectivity index (χ0v) is 19.8. The molecule has 1 aromatic heterocycles. The molecule has 1 aromatic carbocycles. The van der Waals surface area contributed by atoms with Crippen molar-refractivity contribution >= 4 is 41.7 Å². The van der Waals surface area contributed by atoms with Crippen LogP contribution in [0.2, 0.25) is 0 Å². The molecule has 2 rings (SSSR count). The fourth-order valence-electron chi connectivity index (χ4n) is 2.59. The van der Waals surface area contributed by atoms with E-state index in [4.69, 9.17) is 4.99 Å². The van der Waals surface area contributed by atoms with E-state index in [0.29, 0.717) is 5.25 Å².